The van der Waals surface area contributed by atoms with Crippen molar-refractivity contribution in [1.82, 2.24) is 0 Å². The minimum Gasteiger partial charge on any atom is -0.394 e. The van der Waals surface area contributed by atoms with Gasteiger partial charge in [0.25, 0.3) is 0 Å². The number of aliphatic hydroxyl groups is 3. The first kappa shape index (κ1) is 10.8. The van der Waals surface area contributed by atoms with E-state index in [4.69, 9.17) is 20.1 Å². The van der Waals surface area contributed by atoms with Gasteiger partial charge in [-0.2, -0.15) is 0 Å². The first-order valence-corrected chi connectivity index (χ1v) is 3.67. The minimum atomic E-state index is -0.871. The molecule has 3 atom stereocenters. The predicted molar refractivity (Wildman–Crippen MR) is 40.2 cm³/mol. The Morgan fingerprint density at radius 1 is 1.18 bits per heavy atom. The number of hydrogen-bond donors (Lipinski definition) is 3. The zero-order chi connectivity index (χ0) is 8.85. The Hall–Kier alpha value is -0.160. The number of ether oxygens (including phenoxy) is 1. The van der Waals surface area contributed by atoms with Crippen molar-refractivity contribution < 1.29 is 20.1 Å². The van der Waals surface area contributed by atoms with E-state index in [1.165, 1.54) is 0 Å². The molecule has 0 aliphatic heterocycles. The van der Waals surface area contributed by atoms with Crippen molar-refractivity contribution in [3.8, 4) is 0 Å². The highest BCUT2D eigenvalue weighted by Crippen LogP contribution is 2.01. The van der Waals surface area contributed by atoms with Crippen LogP contribution in [0.1, 0.15) is 13.8 Å². The average molecular weight is 164 g/mol. The van der Waals surface area contributed by atoms with Crippen LogP contribution in [0.3, 0.4) is 0 Å². The maximum absolute atomic E-state index is 9.01. The van der Waals surface area contributed by atoms with Crippen LogP contribution in [0.2, 0.25) is 0 Å². The van der Waals surface area contributed by atoms with Crippen LogP contribution in [0, 0.1) is 0 Å². The summed E-state index contributed by atoms with van der Waals surface area (Å²) in [6, 6.07) is 0. The molecule has 0 amide bonds. The Morgan fingerprint density at radius 3 is 2.09 bits per heavy atom. The molecule has 11 heavy (non-hydrogen) atoms. The first-order valence-electron chi connectivity index (χ1n) is 3.67. The molecule has 0 fully saturated rings. The summed E-state index contributed by atoms with van der Waals surface area (Å²) in [7, 11) is 0. The quantitative estimate of drug-likeness (QED) is 0.494. The minimum absolute atomic E-state index is 0.0809. The second kappa shape index (κ2) is 5.49. The standard InChI is InChI=1S/C7H16O4/c1-5(3-8)11-6(2)7(10)4-9/h5-10H,3-4H2,1-2H3/t5-,6?,7?/m0/s1. The van der Waals surface area contributed by atoms with E-state index in [0.29, 0.717) is 0 Å². The molecule has 0 aromatic rings. The molecule has 4 nitrogen and oxygen atoms in total. The number of aliphatic hydroxyl groups excluding tert-OH is 3. The van der Waals surface area contributed by atoms with Crippen LogP contribution in [-0.2, 0) is 4.74 Å². The van der Waals surface area contributed by atoms with Crippen molar-refractivity contribution in [3.05, 3.63) is 0 Å². The zero-order valence-electron chi connectivity index (χ0n) is 6.90. The van der Waals surface area contributed by atoms with Crippen LogP contribution in [-0.4, -0.2) is 46.8 Å². The van der Waals surface area contributed by atoms with Gasteiger partial charge in [0.2, 0.25) is 0 Å². The fourth-order valence-electron chi connectivity index (χ4n) is 0.649. The maximum Gasteiger partial charge on any atom is 0.103 e. The van der Waals surface area contributed by atoms with Gasteiger partial charge in [-0.3, -0.25) is 0 Å². The number of hydrogen-bond acceptors (Lipinski definition) is 4. The van der Waals surface area contributed by atoms with E-state index in [-0.39, 0.29) is 19.3 Å². The second-order valence-electron chi connectivity index (χ2n) is 2.58. The fraction of sp³-hybridized carbons (Fsp3) is 1.00. The molecule has 0 saturated carbocycles. The lowest BCUT2D eigenvalue weighted by molar-refractivity contribution is -0.0887. The van der Waals surface area contributed by atoms with Crippen LogP contribution in [0.15, 0.2) is 0 Å². The lowest BCUT2D eigenvalue weighted by Gasteiger charge is -2.20. The van der Waals surface area contributed by atoms with Gasteiger partial charge in [0, 0.05) is 0 Å². The Labute approximate surface area is 66.4 Å². The Morgan fingerprint density at radius 2 is 1.73 bits per heavy atom. The molecule has 0 saturated heterocycles. The third-order valence-electron chi connectivity index (χ3n) is 1.43. The SMILES string of the molecule is CC(O[C@@H](C)CO)C(O)CO. The van der Waals surface area contributed by atoms with E-state index in [9.17, 15) is 0 Å². The van der Waals surface area contributed by atoms with E-state index in [0.717, 1.165) is 0 Å². The van der Waals surface area contributed by atoms with E-state index < -0.39 is 12.2 Å². The summed E-state index contributed by atoms with van der Waals surface area (Å²) in [5, 5.41) is 26.1. The molecule has 0 radical (unpaired) electrons. The van der Waals surface area contributed by atoms with Crippen molar-refractivity contribution in [2.24, 2.45) is 0 Å². The van der Waals surface area contributed by atoms with Gasteiger partial charge in [0.1, 0.15) is 6.10 Å². The third kappa shape index (κ3) is 4.31. The second-order valence-corrected chi connectivity index (χ2v) is 2.58. The lowest BCUT2D eigenvalue weighted by Crippen LogP contribution is -2.33. The molecule has 2 unspecified atom stereocenters. The van der Waals surface area contributed by atoms with Crippen LogP contribution in [0.4, 0.5) is 0 Å². The van der Waals surface area contributed by atoms with Crippen molar-refractivity contribution in [2.45, 2.75) is 32.2 Å². The lowest BCUT2D eigenvalue weighted by atomic mass is 10.2. The first-order chi connectivity index (χ1) is 5.11. The van der Waals surface area contributed by atoms with E-state index in [2.05, 4.69) is 0 Å². The fourth-order valence-corrected chi connectivity index (χ4v) is 0.649. The van der Waals surface area contributed by atoms with E-state index in [1.54, 1.807) is 13.8 Å². The van der Waals surface area contributed by atoms with Gasteiger partial charge >= 0.3 is 0 Å². The van der Waals surface area contributed by atoms with Crippen LogP contribution in [0.5, 0.6) is 0 Å². The Balaban J connectivity index is 3.58. The predicted octanol–water partition coefficient (Wildman–Crippen LogP) is -0.875. The maximum atomic E-state index is 9.01. The van der Waals surface area contributed by atoms with Crippen molar-refractivity contribution in [3.63, 3.8) is 0 Å². The molecular weight excluding hydrogens is 148 g/mol. The zero-order valence-corrected chi connectivity index (χ0v) is 6.90. The molecule has 4 heteroatoms. The van der Waals surface area contributed by atoms with Gasteiger partial charge in [-0.25, -0.2) is 0 Å². The van der Waals surface area contributed by atoms with Gasteiger partial charge in [0.15, 0.2) is 0 Å². The molecule has 0 aliphatic carbocycles. The molecule has 0 aliphatic rings. The van der Waals surface area contributed by atoms with Gasteiger partial charge in [-0.15, -0.1) is 0 Å². The van der Waals surface area contributed by atoms with Crippen LogP contribution in [0.25, 0.3) is 0 Å². The van der Waals surface area contributed by atoms with Crippen molar-refractivity contribution in [1.29, 1.82) is 0 Å². The molecule has 0 aromatic heterocycles. The molecule has 3 N–H and O–H groups in total. The Bertz CT molecular complexity index is 96.4. The topological polar surface area (TPSA) is 69.9 Å². The molecule has 0 heterocycles. The highest BCUT2D eigenvalue weighted by molar-refractivity contribution is 4.63. The monoisotopic (exact) mass is 164 g/mol. The van der Waals surface area contributed by atoms with Crippen LogP contribution >= 0.6 is 0 Å². The van der Waals surface area contributed by atoms with Gasteiger partial charge in [0.05, 0.1) is 25.4 Å². The summed E-state index contributed by atoms with van der Waals surface area (Å²) in [5.74, 6) is 0. The smallest absolute Gasteiger partial charge is 0.103 e. The summed E-state index contributed by atoms with van der Waals surface area (Å²) in [4.78, 5) is 0. The van der Waals surface area contributed by atoms with Crippen molar-refractivity contribution in [2.75, 3.05) is 13.2 Å². The highest BCUT2D eigenvalue weighted by atomic mass is 16.5. The van der Waals surface area contributed by atoms with E-state index in [1.807, 2.05) is 0 Å². The van der Waals surface area contributed by atoms with Gasteiger partial charge < -0.3 is 20.1 Å². The summed E-state index contributed by atoms with van der Waals surface area (Å²) in [5.41, 5.74) is 0. The van der Waals surface area contributed by atoms with Gasteiger partial charge in [-0.1, -0.05) is 0 Å². The normalized spacial score (nSPS) is 19.4. The van der Waals surface area contributed by atoms with E-state index >= 15 is 0 Å². The molecule has 0 rings (SSSR count). The van der Waals surface area contributed by atoms with Crippen molar-refractivity contribution >= 4 is 0 Å². The summed E-state index contributed by atoms with van der Waals surface area (Å²) < 4.78 is 5.09. The third-order valence-corrected chi connectivity index (χ3v) is 1.43. The summed E-state index contributed by atoms with van der Waals surface area (Å²) in [6.45, 7) is 2.94. The average Bonchev–Trinajstić information content (AvgIpc) is 2.02. The molecule has 0 spiro atoms. The molecule has 0 aromatic carbocycles. The molecule has 0 bridgehead atoms. The van der Waals surface area contributed by atoms with Crippen LogP contribution < -0.4 is 0 Å². The largest absolute Gasteiger partial charge is 0.394 e. The van der Waals surface area contributed by atoms with Gasteiger partial charge in [-0.05, 0) is 13.8 Å². The highest BCUT2D eigenvalue weighted by Gasteiger charge is 2.15. The molecule has 68 valence electrons. The summed E-state index contributed by atoms with van der Waals surface area (Å²) in [6.07, 6.45) is -1.61. The Kier molecular flexibility index (Phi) is 5.41. The molecular formula is C7H16O4. The summed E-state index contributed by atoms with van der Waals surface area (Å²) >= 11 is 0. The number of rotatable bonds is 5.